The molecular formula is C20H31N3O5S. The lowest BCUT2D eigenvalue weighted by molar-refractivity contribution is -0.123. The van der Waals surface area contributed by atoms with Crippen LogP contribution in [-0.4, -0.2) is 75.6 Å². The number of hydrogen-bond donors (Lipinski definition) is 1. The first-order valence-corrected chi connectivity index (χ1v) is 11.6. The number of carbonyl (C=O) groups is 1. The van der Waals surface area contributed by atoms with Crippen molar-refractivity contribution in [2.24, 2.45) is 5.73 Å². The third kappa shape index (κ3) is 4.91. The first kappa shape index (κ1) is 22.0. The molecule has 0 radical (unpaired) electrons. The molecule has 1 unspecified atom stereocenters. The van der Waals surface area contributed by atoms with Crippen molar-refractivity contribution in [1.82, 2.24) is 9.21 Å². The smallest absolute Gasteiger partial charge is 0.243 e. The predicted octanol–water partition coefficient (Wildman–Crippen LogP) is 1.12. The monoisotopic (exact) mass is 425 g/mol. The van der Waals surface area contributed by atoms with E-state index in [1.54, 1.807) is 29.6 Å². The summed E-state index contributed by atoms with van der Waals surface area (Å²) in [4.78, 5) is 14.1. The first-order chi connectivity index (χ1) is 13.8. The van der Waals surface area contributed by atoms with Gasteiger partial charge in [-0.3, -0.25) is 9.69 Å². The number of aryl methyl sites for hydroxylation is 1. The fraction of sp³-hybridized carbons (Fsp3) is 0.650. The van der Waals surface area contributed by atoms with Crippen LogP contribution in [0.15, 0.2) is 23.1 Å². The van der Waals surface area contributed by atoms with Gasteiger partial charge in [0.2, 0.25) is 15.9 Å². The Balaban J connectivity index is 1.64. The third-order valence-electron chi connectivity index (χ3n) is 5.84. The number of benzene rings is 1. The Morgan fingerprint density at radius 1 is 1.17 bits per heavy atom. The molecule has 9 heteroatoms. The zero-order valence-corrected chi connectivity index (χ0v) is 18.0. The molecule has 3 rings (SSSR count). The third-order valence-corrected chi connectivity index (χ3v) is 7.74. The van der Waals surface area contributed by atoms with E-state index < -0.39 is 10.0 Å². The molecule has 0 spiro atoms. The quantitative estimate of drug-likeness (QED) is 0.627. The van der Waals surface area contributed by atoms with Crippen molar-refractivity contribution in [2.45, 2.75) is 49.6 Å². The molecule has 2 fully saturated rings. The highest BCUT2D eigenvalue weighted by atomic mass is 32.2. The van der Waals surface area contributed by atoms with E-state index in [4.69, 9.17) is 15.2 Å². The fourth-order valence-electron chi connectivity index (χ4n) is 4.27. The minimum absolute atomic E-state index is 0.208. The lowest BCUT2D eigenvalue weighted by Gasteiger charge is -2.38. The molecule has 0 aromatic heterocycles. The van der Waals surface area contributed by atoms with Gasteiger partial charge in [-0.2, -0.15) is 4.31 Å². The number of carbonyl (C=O) groups excluding carboxylic acids is 1. The maximum Gasteiger partial charge on any atom is 0.243 e. The number of sulfonamides is 1. The second kappa shape index (κ2) is 9.42. The minimum atomic E-state index is -3.56. The maximum atomic E-state index is 13.1. The zero-order valence-electron chi connectivity index (χ0n) is 17.2. The van der Waals surface area contributed by atoms with Gasteiger partial charge in [-0.05, 0) is 62.9 Å². The maximum absolute atomic E-state index is 13.1. The van der Waals surface area contributed by atoms with Crippen molar-refractivity contribution in [1.29, 1.82) is 0 Å². The molecule has 0 saturated carbocycles. The zero-order chi connectivity index (χ0) is 21.0. The summed E-state index contributed by atoms with van der Waals surface area (Å²) in [7, 11) is -1.96. The minimum Gasteiger partial charge on any atom is -0.491 e. The van der Waals surface area contributed by atoms with Gasteiger partial charge < -0.3 is 15.2 Å². The van der Waals surface area contributed by atoms with E-state index in [9.17, 15) is 13.2 Å². The average Bonchev–Trinajstić information content (AvgIpc) is 3.19. The first-order valence-electron chi connectivity index (χ1n) is 10.1. The Morgan fingerprint density at radius 2 is 1.90 bits per heavy atom. The van der Waals surface area contributed by atoms with Gasteiger partial charge >= 0.3 is 0 Å². The van der Waals surface area contributed by atoms with E-state index in [0.29, 0.717) is 44.9 Å². The Morgan fingerprint density at radius 3 is 2.52 bits per heavy atom. The molecule has 1 aromatic carbocycles. The Hall–Kier alpha value is -1.68. The van der Waals surface area contributed by atoms with Gasteiger partial charge in [0.25, 0.3) is 0 Å². The number of nitrogens with two attached hydrogens (primary N) is 1. The molecule has 162 valence electrons. The molecule has 2 N–H and O–H groups in total. The molecular weight excluding hydrogens is 394 g/mol. The molecule has 2 heterocycles. The molecule has 2 aliphatic heterocycles. The molecule has 2 saturated heterocycles. The van der Waals surface area contributed by atoms with E-state index in [-0.39, 0.29) is 22.9 Å². The van der Waals surface area contributed by atoms with Gasteiger partial charge in [0.1, 0.15) is 12.4 Å². The summed E-state index contributed by atoms with van der Waals surface area (Å²) in [6, 6.07) is 4.95. The number of likely N-dealkylation sites (tertiary alicyclic amines) is 1. The molecule has 1 amide bonds. The molecule has 0 aliphatic carbocycles. The molecule has 1 atom stereocenters. The number of methoxy groups -OCH3 is 1. The summed E-state index contributed by atoms with van der Waals surface area (Å²) in [5, 5.41) is 0. The topological polar surface area (TPSA) is 102 Å². The highest BCUT2D eigenvalue weighted by Gasteiger charge is 2.37. The lowest BCUT2D eigenvalue weighted by atomic mass is 10.0. The van der Waals surface area contributed by atoms with Crippen LogP contribution >= 0.6 is 0 Å². The fourth-order valence-corrected chi connectivity index (χ4v) is 5.83. The van der Waals surface area contributed by atoms with Crippen LogP contribution in [0.1, 0.15) is 31.2 Å². The highest BCUT2D eigenvalue weighted by molar-refractivity contribution is 7.89. The van der Waals surface area contributed by atoms with Crippen LogP contribution in [-0.2, 0) is 19.6 Å². The summed E-state index contributed by atoms with van der Waals surface area (Å²) in [6.45, 7) is 4.47. The predicted molar refractivity (Wildman–Crippen MR) is 109 cm³/mol. The van der Waals surface area contributed by atoms with Crippen molar-refractivity contribution in [3.05, 3.63) is 23.8 Å². The van der Waals surface area contributed by atoms with Gasteiger partial charge in [0.15, 0.2) is 0 Å². The van der Waals surface area contributed by atoms with Crippen LogP contribution in [0, 0.1) is 6.92 Å². The largest absolute Gasteiger partial charge is 0.491 e. The van der Waals surface area contributed by atoms with Crippen LogP contribution in [0.2, 0.25) is 0 Å². The number of rotatable bonds is 8. The lowest BCUT2D eigenvalue weighted by Crippen LogP contribution is -2.51. The van der Waals surface area contributed by atoms with Crippen molar-refractivity contribution in [3.8, 4) is 5.75 Å². The summed E-state index contributed by atoms with van der Waals surface area (Å²) >= 11 is 0. The standard InChI is InChI=1S/C20H31N3O5S/c1-15-14-17(5-6-19(15)28-13-12-27-2)29(25,26)22-10-7-16(8-11-22)23-9-3-4-18(23)20(21)24/h5-6,14,16,18H,3-4,7-13H2,1-2H3,(H2,21,24). The Kier molecular flexibility index (Phi) is 7.15. The van der Waals surface area contributed by atoms with Crippen LogP contribution in [0.4, 0.5) is 0 Å². The number of nitrogens with zero attached hydrogens (tertiary/aromatic N) is 2. The van der Waals surface area contributed by atoms with E-state index in [1.165, 1.54) is 0 Å². The van der Waals surface area contributed by atoms with Crippen molar-refractivity contribution in [2.75, 3.05) is 40.0 Å². The Bertz CT molecular complexity index is 821. The number of piperidine rings is 1. The summed E-state index contributed by atoms with van der Waals surface area (Å²) in [5.74, 6) is 0.382. The Labute approximate surface area is 173 Å². The van der Waals surface area contributed by atoms with Crippen molar-refractivity contribution in [3.63, 3.8) is 0 Å². The van der Waals surface area contributed by atoms with Crippen LogP contribution < -0.4 is 10.5 Å². The molecule has 29 heavy (non-hydrogen) atoms. The summed E-state index contributed by atoms with van der Waals surface area (Å²) in [5.41, 5.74) is 6.30. The molecule has 2 aliphatic rings. The van der Waals surface area contributed by atoms with Gasteiger partial charge in [-0.25, -0.2) is 8.42 Å². The summed E-state index contributed by atoms with van der Waals surface area (Å²) < 4.78 is 38.3. The number of amides is 1. The SMILES string of the molecule is COCCOc1ccc(S(=O)(=O)N2CCC(N3CCCC3C(N)=O)CC2)cc1C. The van der Waals surface area contributed by atoms with Crippen LogP contribution in [0.5, 0.6) is 5.75 Å². The van der Waals surface area contributed by atoms with E-state index >= 15 is 0 Å². The molecule has 0 bridgehead atoms. The van der Waals surface area contributed by atoms with Gasteiger partial charge in [-0.15, -0.1) is 0 Å². The summed E-state index contributed by atoms with van der Waals surface area (Å²) in [6.07, 6.45) is 3.18. The van der Waals surface area contributed by atoms with E-state index in [2.05, 4.69) is 4.90 Å². The average molecular weight is 426 g/mol. The van der Waals surface area contributed by atoms with E-state index in [1.807, 2.05) is 6.92 Å². The number of ether oxygens (including phenoxy) is 2. The molecule has 1 aromatic rings. The van der Waals surface area contributed by atoms with Gasteiger partial charge in [0.05, 0.1) is 17.5 Å². The van der Waals surface area contributed by atoms with Gasteiger partial charge in [-0.1, -0.05) is 0 Å². The second-order valence-corrected chi connectivity index (χ2v) is 9.64. The molecule has 8 nitrogen and oxygen atoms in total. The number of hydrogen-bond acceptors (Lipinski definition) is 6. The number of primary amides is 1. The normalized spacial score (nSPS) is 22.1. The van der Waals surface area contributed by atoms with E-state index in [0.717, 1.165) is 24.9 Å². The van der Waals surface area contributed by atoms with Crippen molar-refractivity contribution < 1.29 is 22.7 Å². The second-order valence-electron chi connectivity index (χ2n) is 7.70. The van der Waals surface area contributed by atoms with Crippen molar-refractivity contribution >= 4 is 15.9 Å². The van der Waals surface area contributed by atoms with Crippen LogP contribution in [0.3, 0.4) is 0 Å². The van der Waals surface area contributed by atoms with Gasteiger partial charge in [0, 0.05) is 26.2 Å². The highest BCUT2D eigenvalue weighted by Crippen LogP contribution is 2.29. The van der Waals surface area contributed by atoms with Crippen LogP contribution in [0.25, 0.3) is 0 Å².